The molecular weight excluding hydrogens is 308 g/mol. The molecule has 1 fully saturated rings. The van der Waals surface area contributed by atoms with Crippen LogP contribution in [0.4, 0.5) is 0 Å². The molecule has 3 unspecified atom stereocenters. The Morgan fingerprint density at radius 1 is 1.47 bits per heavy atom. The van der Waals surface area contributed by atoms with Crippen LogP contribution in [0, 0.1) is 0 Å². The molecule has 1 amide bonds. The van der Waals surface area contributed by atoms with E-state index in [1.807, 2.05) is 31.2 Å². The normalized spacial score (nSPS) is 25.9. The van der Waals surface area contributed by atoms with Crippen LogP contribution in [0.1, 0.15) is 25.8 Å². The predicted octanol–water partition coefficient (Wildman–Crippen LogP) is 1.92. The Morgan fingerprint density at radius 3 is 2.63 bits per heavy atom. The number of benzene rings is 1. The minimum atomic E-state index is -1.04. The molecule has 1 aromatic carbocycles. The molecular formula is C14H19BrN2O2. The van der Waals surface area contributed by atoms with Crippen molar-refractivity contribution in [3.8, 4) is 0 Å². The first kappa shape index (κ1) is 14.5. The van der Waals surface area contributed by atoms with Crippen LogP contribution in [-0.2, 0) is 15.1 Å². The summed E-state index contributed by atoms with van der Waals surface area (Å²) < 4.78 is 6.40. The molecule has 1 aliphatic heterocycles. The number of hydrogen-bond acceptors (Lipinski definition) is 3. The molecule has 1 aromatic rings. The van der Waals surface area contributed by atoms with E-state index in [0.29, 0.717) is 6.61 Å². The summed E-state index contributed by atoms with van der Waals surface area (Å²) in [7, 11) is 0. The van der Waals surface area contributed by atoms with Gasteiger partial charge in [-0.25, -0.2) is 0 Å². The zero-order chi connectivity index (χ0) is 14.0. The number of nitrogens with two attached hydrogens (primary N) is 1. The summed E-state index contributed by atoms with van der Waals surface area (Å²) in [4.78, 5) is 12.3. The van der Waals surface area contributed by atoms with Gasteiger partial charge in [-0.05, 0) is 38.0 Å². The van der Waals surface area contributed by atoms with Crippen molar-refractivity contribution in [2.75, 3.05) is 6.61 Å². The van der Waals surface area contributed by atoms with Gasteiger partial charge in [0, 0.05) is 11.1 Å². The minimum absolute atomic E-state index is 0.0460. The van der Waals surface area contributed by atoms with Gasteiger partial charge < -0.3 is 15.8 Å². The van der Waals surface area contributed by atoms with Gasteiger partial charge >= 0.3 is 0 Å². The lowest BCUT2D eigenvalue weighted by molar-refractivity contribution is -0.127. The maximum Gasteiger partial charge on any atom is 0.244 e. The number of nitrogens with one attached hydrogen (secondary N) is 1. The summed E-state index contributed by atoms with van der Waals surface area (Å²) in [5.74, 6) is -0.169. The predicted molar refractivity (Wildman–Crippen MR) is 77.6 cm³/mol. The average Bonchev–Trinajstić information content (AvgIpc) is 2.75. The fraction of sp³-hybridized carbons (Fsp3) is 0.500. The Kier molecular flexibility index (Phi) is 4.28. The summed E-state index contributed by atoms with van der Waals surface area (Å²) in [5.41, 5.74) is 5.94. The van der Waals surface area contributed by atoms with Gasteiger partial charge in [-0.2, -0.15) is 0 Å². The highest BCUT2D eigenvalue weighted by Gasteiger charge is 2.34. The maximum absolute atomic E-state index is 12.3. The second kappa shape index (κ2) is 5.61. The van der Waals surface area contributed by atoms with E-state index in [2.05, 4.69) is 21.2 Å². The Morgan fingerprint density at radius 2 is 2.11 bits per heavy atom. The Balaban J connectivity index is 2.10. The van der Waals surface area contributed by atoms with Crippen molar-refractivity contribution in [3.05, 3.63) is 34.3 Å². The molecule has 104 valence electrons. The van der Waals surface area contributed by atoms with E-state index in [-0.39, 0.29) is 18.1 Å². The van der Waals surface area contributed by atoms with E-state index in [1.54, 1.807) is 6.92 Å². The molecule has 3 N–H and O–H groups in total. The monoisotopic (exact) mass is 326 g/mol. The molecule has 19 heavy (non-hydrogen) atoms. The fourth-order valence-electron chi connectivity index (χ4n) is 2.17. The molecule has 3 atom stereocenters. The highest BCUT2D eigenvalue weighted by molar-refractivity contribution is 9.10. The van der Waals surface area contributed by atoms with Crippen LogP contribution in [0.2, 0.25) is 0 Å². The first-order valence-corrected chi connectivity index (χ1v) is 7.18. The fourth-order valence-corrected chi connectivity index (χ4v) is 2.43. The van der Waals surface area contributed by atoms with Crippen LogP contribution in [0.5, 0.6) is 0 Å². The van der Waals surface area contributed by atoms with E-state index >= 15 is 0 Å². The Hall–Kier alpha value is -0.910. The van der Waals surface area contributed by atoms with Crippen molar-refractivity contribution >= 4 is 21.8 Å². The van der Waals surface area contributed by atoms with Crippen LogP contribution in [0.3, 0.4) is 0 Å². The smallest absolute Gasteiger partial charge is 0.244 e. The minimum Gasteiger partial charge on any atom is -0.376 e. The quantitative estimate of drug-likeness (QED) is 0.891. The number of ether oxygens (including phenoxy) is 1. The van der Waals surface area contributed by atoms with E-state index in [9.17, 15) is 4.79 Å². The number of halogens is 1. The summed E-state index contributed by atoms with van der Waals surface area (Å²) in [6.07, 6.45) is 0.883. The van der Waals surface area contributed by atoms with Crippen molar-refractivity contribution in [1.82, 2.24) is 5.32 Å². The third kappa shape index (κ3) is 3.16. The van der Waals surface area contributed by atoms with Crippen molar-refractivity contribution in [2.24, 2.45) is 5.73 Å². The standard InChI is InChI=1S/C14H19BrN2O2/c1-9-12(7-8-19-9)17-13(18)14(2,16)10-3-5-11(15)6-4-10/h3-6,9,12H,7-8,16H2,1-2H3,(H,17,18). The first-order chi connectivity index (χ1) is 8.91. The molecule has 1 aliphatic rings. The van der Waals surface area contributed by atoms with Gasteiger partial charge in [-0.3, -0.25) is 4.79 Å². The number of carbonyl (C=O) groups excluding carboxylic acids is 1. The van der Waals surface area contributed by atoms with Crippen LogP contribution >= 0.6 is 15.9 Å². The largest absolute Gasteiger partial charge is 0.376 e. The van der Waals surface area contributed by atoms with Gasteiger partial charge in [0.15, 0.2) is 0 Å². The first-order valence-electron chi connectivity index (χ1n) is 6.39. The van der Waals surface area contributed by atoms with Crippen molar-refractivity contribution < 1.29 is 9.53 Å². The van der Waals surface area contributed by atoms with Crippen LogP contribution in [0.15, 0.2) is 28.7 Å². The van der Waals surface area contributed by atoms with Crippen molar-refractivity contribution in [1.29, 1.82) is 0 Å². The summed E-state index contributed by atoms with van der Waals surface area (Å²) in [5, 5.41) is 2.98. The van der Waals surface area contributed by atoms with E-state index in [0.717, 1.165) is 16.5 Å². The number of hydrogen-bond donors (Lipinski definition) is 2. The molecule has 1 saturated heterocycles. The Labute approximate surface area is 121 Å². The van der Waals surface area contributed by atoms with Gasteiger partial charge in [-0.15, -0.1) is 0 Å². The number of carbonyl (C=O) groups is 1. The number of amides is 1. The summed E-state index contributed by atoms with van der Waals surface area (Å²) >= 11 is 3.37. The molecule has 0 bridgehead atoms. The summed E-state index contributed by atoms with van der Waals surface area (Å²) in [6.45, 7) is 4.38. The molecule has 0 spiro atoms. The Bertz CT molecular complexity index is 459. The third-order valence-electron chi connectivity index (χ3n) is 3.61. The topological polar surface area (TPSA) is 64.3 Å². The van der Waals surface area contributed by atoms with Gasteiger partial charge in [-0.1, -0.05) is 28.1 Å². The van der Waals surface area contributed by atoms with E-state index in [1.165, 1.54) is 0 Å². The molecule has 4 nitrogen and oxygen atoms in total. The lowest BCUT2D eigenvalue weighted by Gasteiger charge is -2.27. The SMILES string of the molecule is CC1OCCC1NC(=O)C(C)(N)c1ccc(Br)cc1. The molecule has 5 heteroatoms. The maximum atomic E-state index is 12.3. The third-order valence-corrected chi connectivity index (χ3v) is 4.14. The molecule has 2 rings (SSSR count). The molecule has 0 saturated carbocycles. The van der Waals surface area contributed by atoms with Crippen molar-refractivity contribution in [2.45, 2.75) is 38.0 Å². The van der Waals surface area contributed by atoms with Gasteiger partial charge in [0.2, 0.25) is 5.91 Å². The average molecular weight is 327 g/mol. The van der Waals surface area contributed by atoms with Gasteiger partial charge in [0.05, 0.1) is 12.1 Å². The van der Waals surface area contributed by atoms with E-state index < -0.39 is 5.54 Å². The molecule has 0 radical (unpaired) electrons. The lowest BCUT2D eigenvalue weighted by Crippen LogP contribution is -2.53. The molecule has 1 heterocycles. The van der Waals surface area contributed by atoms with Crippen LogP contribution in [0.25, 0.3) is 0 Å². The lowest BCUT2D eigenvalue weighted by atomic mass is 9.91. The van der Waals surface area contributed by atoms with Crippen LogP contribution in [-0.4, -0.2) is 24.7 Å². The highest BCUT2D eigenvalue weighted by Crippen LogP contribution is 2.22. The zero-order valence-electron chi connectivity index (χ0n) is 11.2. The zero-order valence-corrected chi connectivity index (χ0v) is 12.7. The highest BCUT2D eigenvalue weighted by atomic mass is 79.9. The summed E-state index contributed by atoms with van der Waals surface area (Å²) in [6, 6.07) is 7.53. The second-order valence-electron chi connectivity index (χ2n) is 5.15. The number of rotatable bonds is 3. The van der Waals surface area contributed by atoms with Gasteiger partial charge in [0.1, 0.15) is 5.54 Å². The van der Waals surface area contributed by atoms with E-state index in [4.69, 9.17) is 10.5 Å². The van der Waals surface area contributed by atoms with Gasteiger partial charge in [0.25, 0.3) is 0 Å². The second-order valence-corrected chi connectivity index (χ2v) is 6.07. The molecule has 0 aromatic heterocycles. The van der Waals surface area contributed by atoms with Crippen molar-refractivity contribution in [3.63, 3.8) is 0 Å². The van der Waals surface area contributed by atoms with Crippen LogP contribution < -0.4 is 11.1 Å². The molecule has 0 aliphatic carbocycles.